The molecule has 0 fully saturated rings. The van der Waals surface area contributed by atoms with Crippen LogP contribution in [0.4, 0.5) is 5.69 Å². The summed E-state index contributed by atoms with van der Waals surface area (Å²) in [6.07, 6.45) is 0.709. The van der Waals surface area contributed by atoms with Crippen LogP contribution in [0.15, 0.2) is 23.1 Å². The Kier molecular flexibility index (Phi) is 4.64. The smallest absolute Gasteiger partial charge is 0.247 e. The number of nitrogens with one attached hydrogen (secondary N) is 1. The van der Waals surface area contributed by atoms with Gasteiger partial charge in [-0.3, -0.25) is 10.2 Å². The first kappa shape index (κ1) is 12.9. The van der Waals surface area contributed by atoms with Gasteiger partial charge in [0.2, 0.25) is 5.91 Å². The van der Waals surface area contributed by atoms with E-state index in [9.17, 15) is 4.79 Å². The maximum Gasteiger partial charge on any atom is 0.247 e. The van der Waals surface area contributed by atoms with Crippen molar-refractivity contribution in [3.8, 4) is 0 Å². The highest BCUT2D eigenvalue weighted by atomic mass is 32.2. The van der Waals surface area contributed by atoms with Gasteiger partial charge >= 0.3 is 0 Å². The lowest BCUT2D eigenvalue weighted by atomic mass is 10.2. The number of thioether (sulfide) groups is 1. The number of hydrogen-bond acceptors (Lipinski definition) is 4. The van der Waals surface area contributed by atoms with Gasteiger partial charge in [0.1, 0.15) is 0 Å². The number of hydrazine groups is 1. The van der Waals surface area contributed by atoms with Crippen molar-refractivity contribution in [3.63, 3.8) is 0 Å². The molecular weight excluding hydrogens is 222 g/mol. The molecule has 5 N–H and O–H groups in total. The minimum Gasteiger partial charge on any atom is -0.398 e. The van der Waals surface area contributed by atoms with Crippen molar-refractivity contribution < 1.29 is 4.79 Å². The molecule has 88 valence electrons. The van der Waals surface area contributed by atoms with E-state index >= 15 is 0 Å². The van der Waals surface area contributed by atoms with Crippen molar-refractivity contribution in [3.05, 3.63) is 23.8 Å². The number of rotatable bonds is 4. The Morgan fingerprint density at radius 1 is 1.56 bits per heavy atom. The number of nitrogen functional groups attached to an aromatic ring is 1. The summed E-state index contributed by atoms with van der Waals surface area (Å²) in [6, 6.07) is 5.80. The maximum absolute atomic E-state index is 11.4. The lowest BCUT2D eigenvalue weighted by molar-refractivity contribution is -0.120. The molecule has 1 amide bonds. The van der Waals surface area contributed by atoms with Gasteiger partial charge in [-0.2, -0.15) is 0 Å². The molecule has 0 aliphatic carbocycles. The molecule has 0 saturated heterocycles. The summed E-state index contributed by atoms with van der Waals surface area (Å²) >= 11 is 1.45. The van der Waals surface area contributed by atoms with E-state index in [2.05, 4.69) is 5.43 Å². The van der Waals surface area contributed by atoms with E-state index in [1.165, 1.54) is 11.8 Å². The van der Waals surface area contributed by atoms with Crippen molar-refractivity contribution in [2.24, 2.45) is 5.84 Å². The second-order valence-electron chi connectivity index (χ2n) is 3.51. The molecule has 5 heteroatoms. The van der Waals surface area contributed by atoms with Crippen LogP contribution in [0, 0.1) is 6.92 Å². The van der Waals surface area contributed by atoms with E-state index in [-0.39, 0.29) is 11.2 Å². The average Bonchev–Trinajstić information content (AvgIpc) is 2.30. The van der Waals surface area contributed by atoms with Gasteiger partial charge in [-0.15, -0.1) is 11.8 Å². The SMILES string of the molecule is CCC(Sc1cccc(C)c1N)C(=O)NN. The number of para-hydroxylation sites is 1. The zero-order chi connectivity index (χ0) is 12.1. The molecule has 16 heavy (non-hydrogen) atoms. The quantitative estimate of drug-likeness (QED) is 0.244. The summed E-state index contributed by atoms with van der Waals surface area (Å²) in [5.41, 5.74) is 9.87. The third-order valence-corrected chi connectivity index (χ3v) is 3.80. The highest BCUT2D eigenvalue weighted by molar-refractivity contribution is 8.00. The fourth-order valence-electron chi connectivity index (χ4n) is 1.32. The molecule has 0 aromatic heterocycles. The predicted octanol–water partition coefficient (Wildman–Crippen LogP) is 1.44. The number of nitrogens with two attached hydrogens (primary N) is 2. The average molecular weight is 239 g/mol. The topological polar surface area (TPSA) is 81.1 Å². The van der Waals surface area contributed by atoms with Gasteiger partial charge in [0.05, 0.1) is 5.25 Å². The molecule has 4 nitrogen and oxygen atoms in total. The third kappa shape index (κ3) is 2.90. The first-order valence-electron chi connectivity index (χ1n) is 5.12. The van der Waals surface area contributed by atoms with Crippen molar-refractivity contribution in [2.75, 3.05) is 5.73 Å². The van der Waals surface area contributed by atoms with E-state index in [0.717, 1.165) is 16.1 Å². The van der Waals surface area contributed by atoms with Gasteiger partial charge in [-0.1, -0.05) is 19.1 Å². The number of carbonyl (C=O) groups is 1. The fraction of sp³-hybridized carbons (Fsp3) is 0.364. The molecule has 1 aromatic rings. The van der Waals surface area contributed by atoms with E-state index in [0.29, 0.717) is 6.42 Å². The molecule has 0 spiro atoms. The third-order valence-electron chi connectivity index (χ3n) is 2.36. The molecule has 0 saturated carbocycles. The second-order valence-corrected chi connectivity index (χ2v) is 4.75. The molecule has 0 heterocycles. The normalized spacial score (nSPS) is 12.2. The summed E-state index contributed by atoms with van der Waals surface area (Å²) < 4.78 is 0. The molecule has 1 atom stereocenters. The Morgan fingerprint density at radius 3 is 2.81 bits per heavy atom. The van der Waals surface area contributed by atoms with Crippen LogP contribution in [0.2, 0.25) is 0 Å². The lowest BCUT2D eigenvalue weighted by Gasteiger charge is -2.14. The van der Waals surface area contributed by atoms with Gasteiger partial charge in [0, 0.05) is 10.6 Å². The monoisotopic (exact) mass is 239 g/mol. The molecule has 1 rings (SSSR count). The highest BCUT2D eigenvalue weighted by Crippen LogP contribution is 2.31. The van der Waals surface area contributed by atoms with Crippen LogP contribution in [0.5, 0.6) is 0 Å². The highest BCUT2D eigenvalue weighted by Gasteiger charge is 2.18. The molecule has 1 aromatic carbocycles. The summed E-state index contributed by atoms with van der Waals surface area (Å²) in [5.74, 6) is 4.95. The lowest BCUT2D eigenvalue weighted by Crippen LogP contribution is -2.37. The minimum atomic E-state index is -0.200. The molecule has 0 aliphatic heterocycles. The summed E-state index contributed by atoms with van der Waals surface area (Å²) in [7, 11) is 0. The number of hydrogen-bond donors (Lipinski definition) is 3. The molecule has 1 unspecified atom stereocenters. The maximum atomic E-state index is 11.4. The summed E-state index contributed by atoms with van der Waals surface area (Å²) in [4.78, 5) is 12.4. The van der Waals surface area contributed by atoms with Crippen LogP contribution in [0.25, 0.3) is 0 Å². The minimum absolute atomic E-state index is 0.173. The largest absolute Gasteiger partial charge is 0.398 e. The zero-order valence-corrected chi connectivity index (χ0v) is 10.3. The van der Waals surface area contributed by atoms with Crippen molar-refractivity contribution in [2.45, 2.75) is 30.4 Å². The number of amides is 1. The molecule has 0 aliphatic rings. The van der Waals surface area contributed by atoms with E-state index in [1.807, 2.05) is 32.0 Å². The Morgan fingerprint density at radius 2 is 2.25 bits per heavy atom. The second kappa shape index (κ2) is 5.77. The van der Waals surface area contributed by atoms with Gasteiger partial charge in [0.25, 0.3) is 0 Å². The Labute approximate surface area is 99.7 Å². The van der Waals surface area contributed by atoms with Crippen LogP contribution in [0.1, 0.15) is 18.9 Å². The zero-order valence-electron chi connectivity index (χ0n) is 9.49. The van der Waals surface area contributed by atoms with Crippen LogP contribution >= 0.6 is 11.8 Å². The summed E-state index contributed by atoms with van der Waals surface area (Å²) in [6.45, 7) is 3.89. The summed E-state index contributed by atoms with van der Waals surface area (Å²) in [5, 5.41) is -0.200. The first-order valence-corrected chi connectivity index (χ1v) is 6.00. The van der Waals surface area contributed by atoms with E-state index in [1.54, 1.807) is 0 Å². The fourth-order valence-corrected chi connectivity index (χ4v) is 2.42. The van der Waals surface area contributed by atoms with Crippen LogP contribution in [0.3, 0.4) is 0 Å². The predicted molar refractivity (Wildman–Crippen MR) is 67.9 cm³/mol. The van der Waals surface area contributed by atoms with Gasteiger partial charge < -0.3 is 5.73 Å². The Hall–Kier alpha value is -1.20. The van der Waals surface area contributed by atoms with E-state index in [4.69, 9.17) is 11.6 Å². The van der Waals surface area contributed by atoms with Crippen molar-refractivity contribution in [1.82, 2.24) is 5.43 Å². The van der Waals surface area contributed by atoms with Crippen LogP contribution in [-0.2, 0) is 4.79 Å². The van der Waals surface area contributed by atoms with Crippen molar-refractivity contribution in [1.29, 1.82) is 0 Å². The molecule has 0 radical (unpaired) electrons. The van der Waals surface area contributed by atoms with Gasteiger partial charge in [0.15, 0.2) is 0 Å². The van der Waals surface area contributed by atoms with Gasteiger partial charge in [-0.05, 0) is 25.0 Å². The Balaban J connectivity index is 2.86. The van der Waals surface area contributed by atoms with E-state index < -0.39 is 0 Å². The van der Waals surface area contributed by atoms with Crippen molar-refractivity contribution >= 4 is 23.4 Å². The number of carbonyl (C=O) groups excluding carboxylic acids is 1. The number of anilines is 1. The number of benzene rings is 1. The van der Waals surface area contributed by atoms with Crippen LogP contribution < -0.4 is 17.0 Å². The van der Waals surface area contributed by atoms with Gasteiger partial charge in [-0.25, -0.2) is 5.84 Å². The molecular formula is C11H17N3OS. The molecule has 0 bridgehead atoms. The Bertz CT molecular complexity index is 381. The standard InChI is InChI=1S/C11H17N3OS/c1-3-8(11(15)14-13)16-9-6-4-5-7(2)10(9)12/h4-6,8H,3,12-13H2,1-2H3,(H,14,15). The van der Waals surface area contributed by atoms with Crippen LogP contribution in [-0.4, -0.2) is 11.2 Å². The first-order chi connectivity index (χ1) is 7.60. The number of aryl methyl sites for hydroxylation is 1.